The highest BCUT2D eigenvalue weighted by Crippen LogP contribution is 2.34. The van der Waals surface area contributed by atoms with Crippen LogP contribution in [-0.2, 0) is 0 Å². The zero-order chi connectivity index (χ0) is 19.8. The molecule has 1 aliphatic heterocycles. The molecule has 2 heterocycles. The van der Waals surface area contributed by atoms with Gasteiger partial charge in [-0.3, -0.25) is 4.79 Å². The van der Waals surface area contributed by atoms with Crippen molar-refractivity contribution in [2.45, 2.75) is 32.7 Å². The van der Waals surface area contributed by atoms with Crippen molar-refractivity contribution < 1.29 is 13.7 Å². The lowest BCUT2D eigenvalue weighted by atomic mass is 10.1. The molecule has 3 aromatic rings. The van der Waals surface area contributed by atoms with Gasteiger partial charge in [0.2, 0.25) is 11.7 Å². The molecule has 1 atom stereocenters. The fraction of sp³-hybridized carbons (Fsp3) is 0.286. The van der Waals surface area contributed by atoms with Crippen LogP contribution in [0.1, 0.15) is 46.3 Å². The fourth-order valence-electron chi connectivity index (χ4n) is 3.54. The molecule has 144 valence electrons. The van der Waals surface area contributed by atoms with Crippen LogP contribution in [0.5, 0.6) is 0 Å². The van der Waals surface area contributed by atoms with Gasteiger partial charge in [0.25, 0.3) is 5.91 Å². The van der Waals surface area contributed by atoms with Crippen LogP contribution in [0.25, 0.3) is 11.4 Å². The molecule has 1 fully saturated rings. The Bertz CT molecular complexity index is 1050. The molecule has 0 saturated carbocycles. The third-order valence-electron chi connectivity index (χ3n) is 5.15. The third kappa shape index (κ3) is 3.29. The molecule has 4 rings (SSSR count). The summed E-state index contributed by atoms with van der Waals surface area (Å²) in [6, 6.07) is 9.64. The summed E-state index contributed by atoms with van der Waals surface area (Å²) in [4.78, 5) is 19.2. The minimum atomic E-state index is -0.326. The molecule has 7 heteroatoms. The number of amides is 1. The molecule has 1 aliphatic rings. The van der Waals surface area contributed by atoms with E-state index in [0.29, 0.717) is 34.4 Å². The Balaban J connectivity index is 1.62. The van der Waals surface area contributed by atoms with E-state index < -0.39 is 0 Å². The maximum absolute atomic E-state index is 13.5. The van der Waals surface area contributed by atoms with Crippen LogP contribution >= 0.6 is 11.6 Å². The number of carbonyl (C=O) groups is 1. The Morgan fingerprint density at radius 1 is 1.29 bits per heavy atom. The van der Waals surface area contributed by atoms with Crippen molar-refractivity contribution in [2.75, 3.05) is 6.54 Å². The first-order valence-electron chi connectivity index (χ1n) is 9.12. The number of benzene rings is 2. The third-order valence-corrected chi connectivity index (χ3v) is 5.56. The average Bonchev–Trinajstić information content (AvgIpc) is 3.34. The number of halogens is 2. The number of aryl methyl sites for hydroxylation is 1. The van der Waals surface area contributed by atoms with Crippen molar-refractivity contribution in [3.8, 4) is 11.4 Å². The zero-order valence-corrected chi connectivity index (χ0v) is 16.3. The Morgan fingerprint density at radius 3 is 2.89 bits per heavy atom. The molecule has 0 bridgehead atoms. The largest absolute Gasteiger partial charge is 0.337 e. The summed E-state index contributed by atoms with van der Waals surface area (Å²) < 4.78 is 19.0. The van der Waals surface area contributed by atoms with Crippen LogP contribution in [0, 0.1) is 19.7 Å². The lowest BCUT2D eigenvalue weighted by Crippen LogP contribution is -2.30. The first-order valence-corrected chi connectivity index (χ1v) is 9.49. The minimum absolute atomic E-state index is 0.163. The van der Waals surface area contributed by atoms with Crippen LogP contribution < -0.4 is 0 Å². The Morgan fingerprint density at radius 2 is 2.11 bits per heavy atom. The van der Waals surface area contributed by atoms with E-state index in [4.69, 9.17) is 16.1 Å². The van der Waals surface area contributed by atoms with Gasteiger partial charge in [-0.1, -0.05) is 28.9 Å². The maximum Gasteiger partial charge on any atom is 0.254 e. The van der Waals surface area contributed by atoms with E-state index in [9.17, 15) is 9.18 Å². The van der Waals surface area contributed by atoms with Gasteiger partial charge in [-0.2, -0.15) is 4.98 Å². The number of hydrogen-bond donors (Lipinski definition) is 0. The highest BCUT2D eigenvalue weighted by atomic mass is 35.5. The highest BCUT2D eigenvalue weighted by Gasteiger charge is 2.34. The van der Waals surface area contributed by atoms with E-state index >= 15 is 0 Å². The molecule has 0 aliphatic carbocycles. The second-order valence-electron chi connectivity index (χ2n) is 6.99. The molecule has 0 unspecified atom stereocenters. The predicted octanol–water partition coefficient (Wildman–Crippen LogP) is 5.12. The lowest BCUT2D eigenvalue weighted by molar-refractivity contribution is 0.0710. The normalized spacial score (nSPS) is 16.6. The number of aromatic nitrogens is 2. The second kappa shape index (κ2) is 7.36. The summed E-state index contributed by atoms with van der Waals surface area (Å²) in [5.41, 5.74) is 2.57. The molecular weight excluding hydrogens is 381 g/mol. The van der Waals surface area contributed by atoms with Gasteiger partial charge in [0.15, 0.2) is 0 Å². The van der Waals surface area contributed by atoms with Gasteiger partial charge in [0.05, 0.1) is 0 Å². The summed E-state index contributed by atoms with van der Waals surface area (Å²) in [6.07, 6.45) is 1.58. The van der Waals surface area contributed by atoms with E-state index in [2.05, 4.69) is 10.1 Å². The first kappa shape index (κ1) is 18.6. The quantitative estimate of drug-likeness (QED) is 0.613. The maximum atomic E-state index is 13.5. The molecule has 1 saturated heterocycles. The molecule has 5 nitrogen and oxygen atoms in total. The van der Waals surface area contributed by atoms with E-state index in [-0.39, 0.29) is 17.8 Å². The number of rotatable bonds is 3. The van der Waals surface area contributed by atoms with Gasteiger partial charge >= 0.3 is 0 Å². The molecule has 1 amide bonds. The van der Waals surface area contributed by atoms with Crippen LogP contribution in [0.15, 0.2) is 40.9 Å². The summed E-state index contributed by atoms with van der Waals surface area (Å²) in [7, 11) is 0. The monoisotopic (exact) mass is 399 g/mol. The van der Waals surface area contributed by atoms with Crippen molar-refractivity contribution in [1.29, 1.82) is 0 Å². The molecular formula is C21H19ClFN3O2. The van der Waals surface area contributed by atoms with Crippen LogP contribution in [-0.4, -0.2) is 27.5 Å². The summed E-state index contributed by atoms with van der Waals surface area (Å²) >= 11 is 6.19. The van der Waals surface area contributed by atoms with Gasteiger partial charge in [0.1, 0.15) is 11.9 Å². The predicted molar refractivity (Wildman–Crippen MR) is 104 cm³/mol. The first-order chi connectivity index (χ1) is 13.5. The topological polar surface area (TPSA) is 59.2 Å². The van der Waals surface area contributed by atoms with E-state index in [1.807, 2.05) is 25.1 Å². The molecule has 2 aromatic carbocycles. The number of hydrogen-bond acceptors (Lipinski definition) is 4. The van der Waals surface area contributed by atoms with E-state index in [0.717, 1.165) is 24.0 Å². The van der Waals surface area contributed by atoms with Crippen LogP contribution in [0.4, 0.5) is 4.39 Å². The van der Waals surface area contributed by atoms with Gasteiger partial charge in [-0.15, -0.1) is 0 Å². The number of carbonyl (C=O) groups excluding carboxylic acids is 1. The minimum Gasteiger partial charge on any atom is -0.337 e. The van der Waals surface area contributed by atoms with Crippen molar-refractivity contribution >= 4 is 17.5 Å². The summed E-state index contributed by atoms with van der Waals surface area (Å²) in [5, 5.41) is 4.73. The number of likely N-dealkylation sites (tertiary alicyclic amines) is 1. The van der Waals surface area contributed by atoms with Crippen LogP contribution in [0.3, 0.4) is 0 Å². The van der Waals surface area contributed by atoms with Crippen molar-refractivity contribution in [1.82, 2.24) is 15.0 Å². The number of nitrogens with zero attached hydrogens (tertiary/aromatic N) is 3. The lowest BCUT2D eigenvalue weighted by Gasteiger charge is -2.22. The fourth-order valence-corrected chi connectivity index (χ4v) is 3.71. The van der Waals surface area contributed by atoms with Crippen molar-refractivity contribution in [3.05, 3.63) is 69.8 Å². The smallest absolute Gasteiger partial charge is 0.254 e. The summed E-state index contributed by atoms with van der Waals surface area (Å²) in [5.74, 6) is 0.364. The average molecular weight is 400 g/mol. The standard InChI is InChI=1S/C21H19ClFN3O2/c1-12-11-14(8-9-17(12)23)21(27)26-10-4-7-18(26)20-24-19(25-28-20)15-5-3-6-16(22)13(15)2/h3,5-6,8-9,11,18H,4,7,10H2,1-2H3/t18-/m0/s1. The van der Waals surface area contributed by atoms with E-state index in [1.165, 1.54) is 12.1 Å². The van der Waals surface area contributed by atoms with Crippen LogP contribution in [0.2, 0.25) is 5.02 Å². The molecule has 0 spiro atoms. The van der Waals surface area contributed by atoms with Crippen molar-refractivity contribution in [2.24, 2.45) is 0 Å². The Kier molecular flexibility index (Phi) is 4.89. The van der Waals surface area contributed by atoms with Gasteiger partial charge < -0.3 is 9.42 Å². The second-order valence-corrected chi connectivity index (χ2v) is 7.40. The Hall–Kier alpha value is -2.73. The zero-order valence-electron chi connectivity index (χ0n) is 15.6. The Labute approximate surface area is 167 Å². The van der Waals surface area contributed by atoms with Crippen molar-refractivity contribution in [3.63, 3.8) is 0 Å². The molecule has 1 aromatic heterocycles. The molecule has 28 heavy (non-hydrogen) atoms. The van der Waals surface area contributed by atoms with Gasteiger partial charge in [0, 0.05) is 22.7 Å². The van der Waals surface area contributed by atoms with Gasteiger partial charge in [-0.05, 0) is 62.1 Å². The highest BCUT2D eigenvalue weighted by molar-refractivity contribution is 6.31. The summed E-state index contributed by atoms with van der Waals surface area (Å²) in [6.45, 7) is 4.13. The molecule has 0 radical (unpaired) electrons. The van der Waals surface area contributed by atoms with Gasteiger partial charge in [-0.25, -0.2) is 4.39 Å². The molecule has 0 N–H and O–H groups in total. The SMILES string of the molecule is Cc1cc(C(=O)N2CCC[C@H]2c2nc(-c3cccc(Cl)c3C)no2)ccc1F. The van der Waals surface area contributed by atoms with E-state index in [1.54, 1.807) is 17.9 Å².